The van der Waals surface area contributed by atoms with Gasteiger partial charge in [0, 0.05) is 19.5 Å². The number of carbonyl (C=O) groups is 2. The van der Waals surface area contributed by atoms with Crippen LogP contribution in [0.2, 0.25) is 0 Å². The number of benzene rings is 2. The molecule has 2 aromatic carbocycles. The first-order chi connectivity index (χ1) is 13.2. The van der Waals surface area contributed by atoms with Gasteiger partial charge in [0.15, 0.2) is 11.5 Å². The van der Waals surface area contributed by atoms with Crippen LogP contribution in [0.15, 0.2) is 48.5 Å². The van der Waals surface area contributed by atoms with E-state index in [0.29, 0.717) is 32.4 Å². The van der Waals surface area contributed by atoms with Crippen molar-refractivity contribution in [3.8, 4) is 11.5 Å². The molecule has 2 aliphatic heterocycles. The van der Waals surface area contributed by atoms with Gasteiger partial charge in [0.2, 0.25) is 18.6 Å². The van der Waals surface area contributed by atoms with Crippen molar-refractivity contribution in [2.75, 3.05) is 13.3 Å². The van der Waals surface area contributed by atoms with Gasteiger partial charge in [-0.25, -0.2) is 0 Å². The number of amides is 2. The zero-order valence-electron chi connectivity index (χ0n) is 15.0. The van der Waals surface area contributed by atoms with Crippen molar-refractivity contribution in [3.05, 3.63) is 59.7 Å². The van der Waals surface area contributed by atoms with Crippen molar-refractivity contribution in [1.82, 2.24) is 10.2 Å². The Morgan fingerprint density at radius 2 is 1.89 bits per heavy atom. The lowest BCUT2D eigenvalue weighted by Gasteiger charge is -2.24. The van der Waals surface area contributed by atoms with E-state index in [9.17, 15) is 9.59 Å². The molecule has 0 aromatic heterocycles. The zero-order valence-corrected chi connectivity index (χ0v) is 15.0. The molecule has 1 fully saturated rings. The smallest absolute Gasteiger partial charge is 0.242 e. The minimum absolute atomic E-state index is 0.0368. The van der Waals surface area contributed by atoms with Crippen molar-refractivity contribution in [2.45, 2.75) is 31.8 Å². The largest absolute Gasteiger partial charge is 0.454 e. The van der Waals surface area contributed by atoms with Crippen LogP contribution in [-0.4, -0.2) is 36.1 Å². The summed E-state index contributed by atoms with van der Waals surface area (Å²) in [6.07, 6.45) is 1.69. The third kappa shape index (κ3) is 3.89. The molecule has 1 unspecified atom stereocenters. The van der Waals surface area contributed by atoms with Gasteiger partial charge in [0.25, 0.3) is 0 Å². The highest BCUT2D eigenvalue weighted by molar-refractivity contribution is 5.90. The molecule has 140 valence electrons. The Morgan fingerprint density at radius 3 is 2.74 bits per heavy atom. The first kappa shape index (κ1) is 17.4. The molecule has 0 bridgehead atoms. The highest BCUT2D eigenvalue weighted by atomic mass is 16.7. The van der Waals surface area contributed by atoms with Gasteiger partial charge in [0.1, 0.15) is 6.04 Å². The lowest BCUT2D eigenvalue weighted by atomic mass is 10.1. The normalized spacial score (nSPS) is 18.0. The predicted octanol–water partition coefficient (Wildman–Crippen LogP) is 2.27. The van der Waals surface area contributed by atoms with Gasteiger partial charge in [-0.2, -0.15) is 0 Å². The number of likely N-dealkylation sites (tertiary alicyclic amines) is 1. The van der Waals surface area contributed by atoms with Crippen LogP contribution in [0.3, 0.4) is 0 Å². The molecule has 6 nitrogen and oxygen atoms in total. The number of hydrogen-bond donors (Lipinski definition) is 1. The highest BCUT2D eigenvalue weighted by Gasteiger charge is 2.35. The van der Waals surface area contributed by atoms with Crippen molar-refractivity contribution >= 4 is 11.8 Å². The maximum Gasteiger partial charge on any atom is 0.242 e. The molecule has 2 aromatic rings. The van der Waals surface area contributed by atoms with Gasteiger partial charge in [-0.15, -0.1) is 0 Å². The van der Waals surface area contributed by atoms with E-state index in [4.69, 9.17) is 9.47 Å². The van der Waals surface area contributed by atoms with Gasteiger partial charge >= 0.3 is 0 Å². The molecular weight excluding hydrogens is 344 g/mol. The van der Waals surface area contributed by atoms with Crippen LogP contribution < -0.4 is 14.8 Å². The average molecular weight is 366 g/mol. The summed E-state index contributed by atoms with van der Waals surface area (Å²) >= 11 is 0. The molecule has 4 rings (SSSR count). The highest BCUT2D eigenvalue weighted by Crippen LogP contribution is 2.32. The molecule has 2 aliphatic rings. The maximum atomic E-state index is 12.6. The van der Waals surface area contributed by atoms with Gasteiger partial charge < -0.3 is 19.7 Å². The lowest BCUT2D eigenvalue weighted by Crippen LogP contribution is -2.44. The predicted molar refractivity (Wildman–Crippen MR) is 99.3 cm³/mol. The summed E-state index contributed by atoms with van der Waals surface area (Å²) in [7, 11) is 0. The van der Waals surface area contributed by atoms with E-state index in [1.54, 1.807) is 4.90 Å². The van der Waals surface area contributed by atoms with Gasteiger partial charge in [-0.05, 0) is 36.1 Å². The second kappa shape index (κ2) is 7.70. The van der Waals surface area contributed by atoms with Crippen LogP contribution in [-0.2, 0) is 22.6 Å². The lowest BCUT2D eigenvalue weighted by molar-refractivity contribution is -0.135. The Kier molecular flexibility index (Phi) is 4.96. The molecule has 2 amide bonds. The van der Waals surface area contributed by atoms with E-state index in [-0.39, 0.29) is 18.6 Å². The molecule has 1 atom stereocenters. The fourth-order valence-corrected chi connectivity index (χ4v) is 3.53. The zero-order chi connectivity index (χ0) is 18.6. The van der Waals surface area contributed by atoms with Crippen molar-refractivity contribution in [2.24, 2.45) is 0 Å². The SMILES string of the molecule is O=C(NCCc1ccc2c(c1)OCO2)C1CCC(=O)N1Cc1ccccc1. The fraction of sp³-hybridized carbons (Fsp3) is 0.333. The van der Waals surface area contributed by atoms with Crippen LogP contribution in [0.5, 0.6) is 11.5 Å². The monoisotopic (exact) mass is 366 g/mol. The number of ether oxygens (including phenoxy) is 2. The Bertz CT molecular complexity index is 837. The molecule has 27 heavy (non-hydrogen) atoms. The quantitative estimate of drug-likeness (QED) is 0.852. The number of rotatable bonds is 6. The second-order valence-corrected chi connectivity index (χ2v) is 6.79. The number of fused-ring (bicyclic) bond motifs is 1. The van der Waals surface area contributed by atoms with Crippen LogP contribution in [0.4, 0.5) is 0 Å². The van der Waals surface area contributed by atoms with Crippen molar-refractivity contribution in [3.63, 3.8) is 0 Å². The third-order valence-electron chi connectivity index (χ3n) is 4.98. The van der Waals surface area contributed by atoms with Gasteiger partial charge in [0.05, 0.1) is 0 Å². The number of nitrogens with one attached hydrogen (secondary N) is 1. The Labute approximate surface area is 158 Å². The van der Waals surface area contributed by atoms with Crippen LogP contribution in [0.1, 0.15) is 24.0 Å². The van der Waals surface area contributed by atoms with Crippen molar-refractivity contribution in [1.29, 1.82) is 0 Å². The maximum absolute atomic E-state index is 12.6. The minimum atomic E-state index is -0.394. The van der Waals surface area contributed by atoms with Gasteiger partial charge in [-0.3, -0.25) is 9.59 Å². The summed E-state index contributed by atoms with van der Waals surface area (Å²) in [6.45, 7) is 1.24. The molecule has 0 spiro atoms. The molecular formula is C21H22N2O4. The first-order valence-electron chi connectivity index (χ1n) is 9.20. The first-order valence-corrected chi connectivity index (χ1v) is 9.20. The molecule has 0 aliphatic carbocycles. The summed E-state index contributed by atoms with van der Waals surface area (Å²) in [5.41, 5.74) is 2.11. The van der Waals surface area contributed by atoms with Crippen LogP contribution in [0.25, 0.3) is 0 Å². The fourth-order valence-electron chi connectivity index (χ4n) is 3.53. The Morgan fingerprint density at radius 1 is 1.07 bits per heavy atom. The second-order valence-electron chi connectivity index (χ2n) is 6.79. The number of hydrogen-bond acceptors (Lipinski definition) is 4. The van der Waals surface area contributed by atoms with Gasteiger partial charge in [-0.1, -0.05) is 36.4 Å². The molecule has 6 heteroatoms. The number of nitrogens with zero attached hydrogens (tertiary/aromatic N) is 1. The summed E-state index contributed by atoms with van der Waals surface area (Å²) in [5, 5.41) is 2.97. The molecule has 1 N–H and O–H groups in total. The summed E-state index contributed by atoms with van der Waals surface area (Å²) in [6, 6.07) is 15.2. The summed E-state index contributed by atoms with van der Waals surface area (Å²) in [4.78, 5) is 26.5. The van der Waals surface area contributed by atoms with E-state index in [1.807, 2.05) is 48.5 Å². The minimum Gasteiger partial charge on any atom is -0.454 e. The molecule has 0 saturated carbocycles. The topological polar surface area (TPSA) is 67.9 Å². The third-order valence-corrected chi connectivity index (χ3v) is 4.98. The Balaban J connectivity index is 1.32. The van der Waals surface area contributed by atoms with E-state index in [1.165, 1.54) is 0 Å². The van der Waals surface area contributed by atoms with E-state index >= 15 is 0 Å². The molecule has 1 saturated heterocycles. The van der Waals surface area contributed by atoms with Crippen LogP contribution >= 0.6 is 0 Å². The van der Waals surface area contributed by atoms with Crippen LogP contribution in [0, 0.1) is 0 Å². The van der Waals surface area contributed by atoms with E-state index < -0.39 is 6.04 Å². The number of carbonyl (C=O) groups excluding carboxylic acids is 2. The Hall–Kier alpha value is -3.02. The average Bonchev–Trinajstić information content (AvgIpc) is 3.29. The van der Waals surface area contributed by atoms with Crippen molar-refractivity contribution < 1.29 is 19.1 Å². The summed E-state index contributed by atoms with van der Waals surface area (Å²) < 4.78 is 10.7. The molecule has 0 radical (unpaired) electrons. The molecule has 2 heterocycles. The van der Waals surface area contributed by atoms with E-state index in [2.05, 4.69) is 5.32 Å². The van der Waals surface area contributed by atoms with E-state index in [0.717, 1.165) is 22.6 Å². The standard InChI is InChI=1S/C21H22N2O4/c24-20-9-7-17(23(20)13-16-4-2-1-3-5-16)21(25)22-11-10-15-6-8-18-19(12-15)27-14-26-18/h1-6,8,12,17H,7,9-11,13-14H2,(H,22,25). The summed E-state index contributed by atoms with van der Waals surface area (Å²) in [5.74, 6) is 1.45.